The van der Waals surface area contributed by atoms with E-state index in [1.807, 2.05) is 18.8 Å². The topological polar surface area (TPSA) is 24.9 Å². The Bertz CT molecular complexity index is 435. The van der Waals surface area contributed by atoms with Gasteiger partial charge >= 0.3 is 0 Å². The summed E-state index contributed by atoms with van der Waals surface area (Å²) in [5.41, 5.74) is 5.69. The summed E-state index contributed by atoms with van der Waals surface area (Å²) in [7, 11) is 1.96. The van der Waals surface area contributed by atoms with Crippen molar-refractivity contribution in [2.24, 2.45) is 0 Å². The number of aryl methyl sites for hydroxylation is 1. The zero-order valence-corrected chi connectivity index (χ0v) is 9.77. The molecule has 1 aromatic carbocycles. The SMILES string of the molecule is CCc1cc(-c2cncs2)ccc1NC. The van der Waals surface area contributed by atoms with E-state index in [4.69, 9.17) is 0 Å². The van der Waals surface area contributed by atoms with Crippen molar-refractivity contribution in [3.05, 3.63) is 35.5 Å². The molecule has 2 nitrogen and oxygen atoms in total. The molecular formula is C12H14N2S. The van der Waals surface area contributed by atoms with E-state index in [0.29, 0.717) is 0 Å². The fourth-order valence-electron chi connectivity index (χ4n) is 1.64. The van der Waals surface area contributed by atoms with Crippen molar-refractivity contribution in [2.75, 3.05) is 12.4 Å². The van der Waals surface area contributed by atoms with Crippen molar-refractivity contribution < 1.29 is 0 Å². The zero-order chi connectivity index (χ0) is 10.7. The van der Waals surface area contributed by atoms with Crippen LogP contribution in [-0.2, 0) is 6.42 Å². The van der Waals surface area contributed by atoms with E-state index in [2.05, 4.69) is 35.4 Å². The zero-order valence-electron chi connectivity index (χ0n) is 8.95. The van der Waals surface area contributed by atoms with Gasteiger partial charge in [-0.05, 0) is 29.7 Å². The number of nitrogens with one attached hydrogen (secondary N) is 1. The van der Waals surface area contributed by atoms with Crippen molar-refractivity contribution in [2.45, 2.75) is 13.3 Å². The predicted octanol–water partition coefficient (Wildman–Crippen LogP) is 3.41. The molecule has 0 radical (unpaired) electrons. The lowest BCUT2D eigenvalue weighted by atomic mass is 10.1. The van der Waals surface area contributed by atoms with Crippen LogP contribution in [0.15, 0.2) is 29.9 Å². The van der Waals surface area contributed by atoms with Crippen LogP contribution in [0.1, 0.15) is 12.5 Å². The first kappa shape index (κ1) is 10.2. The van der Waals surface area contributed by atoms with Gasteiger partial charge in [-0.2, -0.15) is 0 Å². The first-order valence-corrected chi connectivity index (χ1v) is 5.92. The lowest BCUT2D eigenvalue weighted by Gasteiger charge is -2.08. The van der Waals surface area contributed by atoms with Gasteiger partial charge in [0.15, 0.2) is 0 Å². The number of anilines is 1. The van der Waals surface area contributed by atoms with Crippen molar-refractivity contribution in [1.82, 2.24) is 4.98 Å². The van der Waals surface area contributed by atoms with Crippen LogP contribution in [0.2, 0.25) is 0 Å². The maximum atomic E-state index is 4.10. The standard InChI is InChI=1S/C12H14N2S/c1-3-9-6-10(4-5-11(9)13-2)12-7-14-8-15-12/h4-8,13H,3H2,1-2H3. The number of nitrogens with zero attached hydrogens (tertiary/aromatic N) is 1. The smallest absolute Gasteiger partial charge is 0.0797 e. The monoisotopic (exact) mass is 218 g/mol. The van der Waals surface area contributed by atoms with Gasteiger partial charge in [-0.15, -0.1) is 11.3 Å². The molecule has 0 unspecified atom stereocenters. The van der Waals surface area contributed by atoms with Gasteiger partial charge < -0.3 is 5.32 Å². The molecular weight excluding hydrogens is 204 g/mol. The molecule has 3 heteroatoms. The Labute approximate surface area is 94.0 Å². The average Bonchev–Trinajstić information content (AvgIpc) is 2.81. The number of thiazole rings is 1. The minimum atomic E-state index is 1.04. The van der Waals surface area contributed by atoms with E-state index in [-0.39, 0.29) is 0 Å². The summed E-state index contributed by atoms with van der Waals surface area (Å²) in [4.78, 5) is 5.33. The molecule has 0 bridgehead atoms. The van der Waals surface area contributed by atoms with Gasteiger partial charge in [-0.3, -0.25) is 4.98 Å². The summed E-state index contributed by atoms with van der Waals surface area (Å²) in [5, 5.41) is 3.21. The average molecular weight is 218 g/mol. The number of benzene rings is 1. The summed E-state index contributed by atoms with van der Waals surface area (Å²) < 4.78 is 0. The first-order chi connectivity index (χ1) is 7.35. The maximum absolute atomic E-state index is 4.10. The Hall–Kier alpha value is -1.35. The first-order valence-electron chi connectivity index (χ1n) is 5.04. The fraction of sp³-hybridized carbons (Fsp3) is 0.250. The molecule has 0 saturated heterocycles. The van der Waals surface area contributed by atoms with E-state index < -0.39 is 0 Å². The quantitative estimate of drug-likeness (QED) is 0.854. The molecule has 1 aromatic heterocycles. The highest BCUT2D eigenvalue weighted by atomic mass is 32.1. The number of hydrogen-bond donors (Lipinski definition) is 1. The van der Waals surface area contributed by atoms with Gasteiger partial charge in [-0.1, -0.05) is 13.0 Å². The summed E-state index contributed by atoms with van der Waals surface area (Å²) >= 11 is 1.68. The Morgan fingerprint density at radius 1 is 1.40 bits per heavy atom. The maximum Gasteiger partial charge on any atom is 0.0797 e. The molecule has 0 atom stereocenters. The normalized spacial score (nSPS) is 10.3. The van der Waals surface area contributed by atoms with Crippen LogP contribution in [0, 0.1) is 0 Å². The molecule has 0 spiro atoms. The fourth-order valence-corrected chi connectivity index (χ4v) is 2.26. The van der Waals surface area contributed by atoms with Crippen molar-refractivity contribution in [3.63, 3.8) is 0 Å². The van der Waals surface area contributed by atoms with E-state index in [0.717, 1.165) is 6.42 Å². The molecule has 1 heterocycles. The van der Waals surface area contributed by atoms with Gasteiger partial charge in [0.05, 0.1) is 10.4 Å². The molecule has 2 rings (SSSR count). The van der Waals surface area contributed by atoms with Crippen LogP contribution in [0.3, 0.4) is 0 Å². The Morgan fingerprint density at radius 3 is 2.87 bits per heavy atom. The minimum absolute atomic E-state index is 1.04. The predicted molar refractivity (Wildman–Crippen MR) is 66.5 cm³/mol. The molecule has 0 aliphatic carbocycles. The lowest BCUT2D eigenvalue weighted by Crippen LogP contribution is -1.94. The van der Waals surface area contributed by atoms with Gasteiger partial charge in [0.2, 0.25) is 0 Å². The summed E-state index contributed by atoms with van der Waals surface area (Å²) in [6, 6.07) is 6.51. The lowest BCUT2D eigenvalue weighted by molar-refractivity contribution is 1.14. The van der Waals surface area contributed by atoms with Gasteiger partial charge in [-0.25, -0.2) is 0 Å². The largest absolute Gasteiger partial charge is 0.388 e. The highest BCUT2D eigenvalue weighted by Gasteiger charge is 2.03. The van der Waals surface area contributed by atoms with Crippen LogP contribution >= 0.6 is 11.3 Å². The molecule has 0 saturated carbocycles. The second-order valence-corrected chi connectivity index (χ2v) is 4.23. The van der Waals surface area contributed by atoms with Crippen LogP contribution in [0.5, 0.6) is 0 Å². The van der Waals surface area contributed by atoms with Crippen molar-refractivity contribution in [3.8, 4) is 10.4 Å². The Balaban J connectivity index is 2.43. The second kappa shape index (κ2) is 4.45. The molecule has 78 valence electrons. The third kappa shape index (κ3) is 2.02. The Morgan fingerprint density at radius 2 is 2.27 bits per heavy atom. The molecule has 2 aromatic rings. The third-order valence-corrected chi connectivity index (χ3v) is 3.29. The molecule has 0 amide bonds. The molecule has 15 heavy (non-hydrogen) atoms. The van der Waals surface area contributed by atoms with E-state index in [9.17, 15) is 0 Å². The van der Waals surface area contributed by atoms with Crippen LogP contribution in [-0.4, -0.2) is 12.0 Å². The molecule has 0 aliphatic rings. The number of rotatable bonds is 3. The van der Waals surface area contributed by atoms with Gasteiger partial charge in [0.1, 0.15) is 0 Å². The Kier molecular flexibility index (Phi) is 3.02. The van der Waals surface area contributed by atoms with Crippen LogP contribution in [0.4, 0.5) is 5.69 Å². The van der Waals surface area contributed by atoms with Gasteiger partial charge in [0, 0.05) is 18.9 Å². The van der Waals surface area contributed by atoms with Crippen molar-refractivity contribution >= 4 is 17.0 Å². The summed E-state index contributed by atoms with van der Waals surface area (Å²) in [6.07, 6.45) is 2.96. The van der Waals surface area contributed by atoms with E-state index in [1.165, 1.54) is 21.7 Å². The third-order valence-electron chi connectivity index (χ3n) is 2.47. The van der Waals surface area contributed by atoms with Crippen molar-refractivity contribution in [1.29, 1.82) is 0 Å². The van der Waals surface area contributed by atoms with E-state index in [1.54, 1.807) is 11.3 Å². The number of aromatic nitrogens is 1. The van der Waals surface area contributed by atoms with E-state index >= 15 is 0 Å². The number of hydrogen-bond acceptors (Lipinski definition) is 3. The second-order valence-electron chi connectivity index (χ2n) is 3.34. The highest BCUT2D eigenvalue weighted by molar-refractivity contribution is 7.13. The molecule has 1 N–H and O–H groups in total. The molecule has 0 aliphatic heterocycles. The molecule has 0 fully saturated rings. The minimum Gasteiger partial charge on any atom is -0.388 e. The van der Waals surface area contributed by atoms with Crippen LogP contribution in [0.25, 0.3) is 10.4 Å². The highest BCUT2D eigenvalue weighted by Crippen LogP contribution is 2.27. The summed E-state index contributed by atoms with van der Waals surface area (Å²) in [5.74, 6) is 0. The van der Waals surface area contributed by atoms with Gasteiger partial charge in [0.25, 0.3) is 0 Å². The summed E-state index contributed by atoms with van der Waals surface area (Å²) in [6.45, 7) is 2.17. The van der Waals surface area contributed by atoms with Crippen LogP contribution < -0.4 is 5.32 Å².